The van der Waals surface area contributed by atoms with Gasteiger partial charge in [-0.25, -0.2) is 0 Å². The van der Waals surface area contributed by atoms with Crippen molar-refractivity contribution < 1.29 is 4.79 Å². The molecule has 0 radical (unpaired) electrons. The summed E-state index contributed by atoms with van der Waals surface area (Å²) in [6.45, 7) is 1.77. The highest BCUT2D eigenvalue weighted by atomic mass is 79.9. The van der Waals surface area contributed by atoms with Gasteiger partial charge in [0, 0.05) is 36.8 Å². The number of amides is 1. The van der Waals surface area contributed by atoms with E-state index in [0.717, 1.165) is 24.0 Å². The maximum absolute atomic E-state index is 12.2. The van der Waals surface area contributed by atoms with Crippen molar-refractivity contribution in [2.45, 2.75) is 12.5 Å². The molecule has 0 unspecified atom stereocenters. The van der Waals surface area contributed by atoms with Gasteiger partial charge in [-0.05, 0) is 40.5 Å². The minimum atomic E-state index is -0.0611. The van der Waals surface area contributed by atoms with Crippen LogP contribution in [0.3, 0.4) is 0 Å². The number of aryl methyl sites for hydroxylation is 1. The number of hydrogen-bond acceptors (Lipinski definition) is 3. The predicted molar refractivity (Wildman–Crippen MR) is 85.4 cm³/mol. The monoisotopic (exact) mass is 348 g/mol. The van der Waals surface area contributed by atoms with Crippen molar-refractivity contribution in [3.63, 3.8) is 0 Å². The first-order valence-corrected chi connectivity index (χ1v) is 7.73. The first-order chi connectivity index (χ1) is 10.1. The van der Waals surface area contributed by atoms with Gasteiger partial charge in [-0.3, -0.25) is 9.48 Å². The topological polar surface area (TPSA) is 50.2 Å². The van der Waals surface area contributed by atoms with Crippen LogP contribution in [0.2, 0.25) is 0 Å². The number of carbonyl (C=O) groups excluding carboxylic acids is 1. The Morgan fingerprint density at radius 2 is 2.19 bits per heavy atom. The Morgan fingerprint density at radius 3 is 2.90 bits per heavy atom. The summed E-state index contributed by atoms with van der Waals surface area (Å²) in [6, 6.07) is 10.1. The summed E-state index contributed by atoms with van der Waals surface area (Å²) >= 11 is 3.58. The number of rotatable bonds is 3. The van der Waals surface area contributed by atoms with E-state index >= 15 is 0 Å². The van der Waals surface area contributed by atoms with E-state index in [-0.39, 0.29) is 11.9 Å². The SMILES string of the molecule is Cn1nccc1C(=O)N[C@@H]1CCN(c2ccccc2Br)C1. The van der Waals surface area contributed by atoms with Gasteiger partial charge in [-0.15, -0.1) is 0 Å². The molecule has 1 aliphatic rings. The van der Waals surface area contributed by atoms with Crippen LogP contribution in [-0.4, -0.2) is 34.8 Å². The number of benzene rings is 1. The van der Waals surface area contributed by atoms with Gasteiger partial charge >= 0.3 is 0 Å². The third kappa shape index (κ3) is 2.95. The van der Waals surface area contributed by atoms with E-state index in [0.29, 0.717) is 5.69 Å². The molecule has 3 rings (SSSR count). The molecule has 0 aliphatic carbocycles. The first-order valence-electron chi connectivity index (χ1n) is 6.93. The third-order valence-corrected chi connectivity index (χ3v) is 4.44. The van der Waals surface area contributed by atoms with Crippen LogP contribution in [0.15, 0.2) is 41.0 Å². The van der Waals surface area contributed by atoms with Gasteiger partial charge in [0.2, 0.25) is 0 Å². The molecule has 1 atom stereocenters. The number of halogens is 1. The minimum absolute atomic E-state index is 0.0611. The molecule has 0 spiro atoms. The lowest BCUT2D eigenvalue weighted by Gasteiger charge is -2.20. The van der Waals surface area contributed by atoms with Gasteiger partial charge in [0.25, 0.3) is 5.91 Å². The predicted octanol–water partition coefficient (Wildman–Crippen LogP) is 2.19. The zero-order valence-electron chi connectivity index (χ0n) is 11.8. The van der Waals surface area contributed by atoms with Gasteiger partial charge in [0.1, 0.15) is 5.69 Å². The Morgan fingerprint density at radius 1 is 1.38 bits per heavy atom. The molecular formula is C15H17BrN4O. The number of carbonyl (C=O) groups is 1. The number of para-hydroxylation sites is 1. The molecule has 1 aliphatic heterocycles. The first kappa shape index (κ1) is 14.1. The Bertz CT molecular complexity index is 655. The molecule has 110 valence electrons. The lowest BCUT2D eigenvalue weighted by Crippen LogP contribution is -2.38. The van der Waals surface area contributed by atoms with Crippen LogP contribution in [-0.2, 0) is 7.05 Å². The molecule has 5 nitrogen and oxygen atoms in total. The highest BCUT2D eigenvalue weighted by Gasteiger charge is 2.26. The standard InChI is InChI=1S/C15H17BrN4O/c1-19-14(6-8-17-19)15(21)18-11-7-9-20(10-11)13-5-3-2-4-12(13)16/h2-6,8,11H,7,9-10H2,1H3,(H,18,21)/t11-/m1/s1. The largest absolute Gasteiger partial charge is 0.368 e. The van der Waals surface area contributed by atoms with E-state index in [2.05, 4.69) is 37.3 Å². The molecule has 1 fully saturated rings. The summed E-state index contributed by atoms with van der Waals surface area (Å²) in [7, 11) is 1.77. The highest BCUT2D eigenvalue weighted by molar-refractivity contribution is 9.10. The zero-order chi connectivity index (χ0) is 14.8. The van der Waals surface area contributed by atoms with Crippen molar-refractivity contribution in [2.75, 3.05) is 18.0 Å². The molecule has 1 amide bonds. The van der Waals surface area contributed by atoms with Gasteiger partial charge in [-0.2, -0.15) is 5.10 Å². The van der Waals surface area contributed by atoms with Crippen molar-refractivity contribution in [2.24, 2.45) is 7.05 Å². The normalized spacial score (nSPS) is 18.0. The smallest absolute Gasteiger partial charge is 0.269 e. The summed E-state index contributed by atoms with van der Waals surface area (Å²) in [4.78, 5) is 14.5. The van der Waals surface area contributed by atoms with Crippen molar-refractivity contribution >= 4 is 27.5 Å². The summed E-state index contributed by atoms with van der Waals surface area (Å²) in [5.41, 5.74) is 1.77. The minimum Gasteiger partial charge on any atom is -0.368 e. The summed E-state index contributed by atoms with van der Waals surface area (Å²) in [6.07, 6.45) is 2.59. The fourth-order valence-corrected chi connectivity index (χ4v) is 3.20. The maximum Gasteiger partial charge on any atom is 0.269 e. The second-order valence-electron chi connectivity index (χ2n) is 5.20. The van der Waals surface area contributed by atoms with Crippen molar-refractivity contribution in [1.82, 2.24) is 15.1 Å². The average molecular weight is 349 g/mol. The van der Waals surface area contributed by atoms with Gasteiger partial charge < -0.3 is 10.2 Å². The number of anilines is 1. The van der Waals surface area contributed by atoms with Crippen LogP contribution < -0.4 is 10.2 Å². The average Bonchev–Trinajstić information content (AvgIpc) is 3.08. The Balaban J connectivity index is 1.64. The fraction of sp³-hybridized carbons (Fsp3) is 0.333. The summed E-state index contributed by atoms with van der Waals surface area (Å²) in [5, 5.41) is 7.11. The van der Waals surface area contributed by atoms with Crippen LogP contribution in [0.25, 0.3) is 0 Å². The number of nitrogens with one attached hydrogen (secondary N) is 1. The second-order valence-corrected chi connectivity index (χ2v) is 6.05. The van der Waals surface area contributed by atoms with Crippen LogP contribution in [0.5, 0.6) is 0 Å². The number of aromatic nitrogens is 2. The van der Waals surface area contributed by atoms with Crippen LogP contribution >= 0.6 is 15.9 Å². The van der Waals surface area contributed by atoms with Crippen molar-refractivity contribution in [1.29, 1.82) is 0 Å². The van der Waals surface area contributed by atoms with Crippen LogP contribution in [0.1, 0.15) is 16.9 Å². The number of hydrogen-bond donors (Lipinski definition) is 1. The highest BCUT2D eigenvalue weighted by Crippen LogP contribution is 2.28. The molecule has 0 bridgehead atoms. The third-order valence-electron chi connectivity index (χ3n) is 3.77. The van der Waals surface area contributed by atoms with Gasteiger partial charge in [-0.1, -0.05) is 12.1 Å². The van der Waals surface area contributed by atoms with E-state index in [1.165, 1.54) is 5.69 Å². The lowest BCUT2D eigenvalue weighted by atomic mass is 10.2. The van der Waals surface area contributed by atoms with Crippen LogP contribution in [0, 0.1) is 0 Å². The zero-order valence-corrected chi connectivity index (χ0v) is 13.4. The fourth-order valence-electron chi connectivity index (χ4n) is 2.66. The lowest BCUT2D eigenvalue weighted by molar-refractivity contribution is 0.0931. The van der Waals surface area contributed by atoms with Crippen molar-refractivity contribution in [3.8, 4) is 0 Å². The Kier molecular flexibility index (Phi) is 3.96. The molecular weight excluding hydrogens is 332 g/mol. The quantitative estimate of drug-likeness (QED) is 0.924. The Labute approximate surface area is 132 Å². The van der Waals surface area contributed by atoms with E-state index in [1.54, 1.807) is 24.0 Å². The number of nitrogens with zero attached hydrogens (tertiary/aromatic N) is 3. The molecule has 1 N–H and O–H groups in total. The summed E-state index contributed by atoms with van der Waals surface area (Å²) in [5.74, 6) is -0.0611. The van der Waals surface area contributed by atoms with E-state index in [1.807, 2.05) is 18.2 Å². The summed E-state index contributed by atoms with van der Waals surface area (Å²) < 4.78 is 2.68. The molecule has 21 heavy (non-hydrogen) atoms. The van der Waals surface area contributed by atoms with E-state index < -0.39 is 0 Å². The molecule has 1 aromatic heterocycles. The maximum atomic E-state index is 12.2. The second kappa shape index (κ2) is 5.89. The Hall–Kier alpha value is -1.82. The molecule has 1 saturated heterocycles. The van der Waals surface area contributed by atoms with Crippen molar-refractivity contribution in [3.05, 3.63) is 46.7 Å². The van der Waals surface area contributed by atoms with Gasteiger partial charge in [0.15, 0.2) is 0 Å². The van der Waals surface area contributed by atoms with Crippen LogP contribution in [0.4, 0.5) is 5.69 Å². The molecule has 0 saturated carbocycles. The van der Waals surface area contributed by atoms with E-state index in [9.17, 15) is 4.79 Å². The van der Waals surface area contributed by atoms with E-state index in [4.69, 9.17) is 0 Å². The molecule has 2 heterocycles. The molecule has 2 aromatic rings. The molecule has 1 aromatic carbocycles. The molecule has 6 heteroatoms. The van der Waals surface area contributed by atoms with Gasteiger partial charge in [0.05, 0.1) is 5.69 Å².